The highest BCUT2D eigenvalue weighted by molar-refractivity contribution is 5.79. The van der Waals surface area contributed by atoms with Crippen LogP contribution in [-0.2, 0) is 4.79 Å². The smallest absolute Gasteiger partial charge is 0.223 e. The lowest BCUT2D eigenvalue weighted by Gasteiger charge is -2.60. The van der Waals surface area contributed by atoms with Gasteiger partial charge in [0, 0.05) is 19.5 Å². The highest BCUT2D eigenvalue weighted by Crippen LogP contribution is 2.62. The molecule has 2 atom stereocenters. The fraction of sp³-hybridized carbons (Fsp3) is 0.609. The Balaban J connectivity index is 1.26. The first-order valence-electron chi connectivity index (χ1n) is 10.3. The molecular formula is C23H29NO2. The van der Waals surface area contributed by atoms with Gasteiger partial charge in [0.05, 0.1) is 5.60 Å². The SMILES string of the molecule is O=C(CC12C[C@H]3C[C@@H](CC(O)(C3)C1)C2)N1CC=C(c2ccccc2)CC1. The standard InChI is InChI=1S/C23H29NO2/c25-21(24-8-6-20(7-9-24)19-4-2-1-3-5-19)15-22-11-17-10-18(12-22)14-23(26,13-17)16-22/h1-6,17-18,26H,7-16H2/t17-,18-,22?,23?/m1/s1. The molecule has 0 spiro atoms. The topological polar surface area (TPSA) is 40.5 Å². The van der Waals surface area contributed by atoms with Crippen LogP contribution in [0.25, 0.3) is 5.57 Å². The van der Waals surface area contributed by atoms with Gasteiger partial charge in [-0.2, -0.15) is 0 Å². The normalized spacial score (nSPS) is 38.3. The Bertz CT molecular complexity index is 724. The van der Waals surface area contributed by atoms with E-state index in [1.54, 1.807) is 0 Å². The average molecular weight is 351 g/mol. The van der Waals surface area contributed by atoms with Crippen molar-refractivity contribution in [3.8, 4) is 0 Å². The van der Waals surface area contributed by atoms with Crippen LogP contribution in [0.1, 0.15) is 56.9 Å². The third-order valence-electron chi connectivity index (χ3n) is 7.38. The molecule has 1 N–H and O–H groups in total. The predicted molar refractivity (Wildman–Crippen MR) is 102 cm³/mol. The number of rotatable bonds is 3. The van der Waals surface area contributed by atoms with Crippen LogP contribution in [0.15, 0.2) is 36.4 Å². The van der Waals surface area contributed by atoms with E-state index >= 15 is 0 Å². The molecule has 26 heavy (non-hydrogen) atoms. The van der Waals surface area contributed by atoms with Crippen molar-refractivity contribution >= 4 is 11.5 Å². The Morgan fingerprint density at radius 3 is 2.46 bits per heavy atom. The Kier molecular flexibility index (Phi) is 3.79. The molecule has 1 aromatic rings. The highest BCUT2D eigenvalue weighted by atomic mass is 16.3. The van der Waals surface area contributed by atoms with E-state index in [9.17, 15) is 9.90 Å². The molecule has 0 unspecified atom stereocenters. The predicted octanol–water partition coefficient (Wildman–Crippen LogP) is 4.02. The number of hydrogen-bond acceptors (Lipinski definition) is 2. The van der Waals surface area contributed by atoms with E-state index in [4.69, 9.17) is 0 Å². The molecule has 4 fully saturated rings. The third kappa shape index (κ3) is 2.90. The van der Waals surface area contributed by atoms with Gasteiger partial charge in [-0.3, -0.25) is 4.79 Å². The molecule has 138 valence electrons. The van der Waals surface area contributed by atoms with Crippen LogP contribution in [0.5, 0.6) is 0 Å². The van der Waals surface area contributed by atoms with Gasteiger partial charge in [-0.25, -0.2) is 0 Å². The molecule has 4 saturated carbocycles. The molecule has 3 heteroatoms. The van der Waals surface area contributed by atoms with Gasteiger partial charge in [-0.05, 0) is 73.3 Å². The van der Waals surface area contributed by atoms with Crippen LogP contribution in [0.4, 0.5) is 0 Å². The van der Waals surface area contributed by atoms with Gasteiger partial charge in [0.1, 0.15) is 0 Å². The first-order valence-corrected chi connectivity index (χ1v) is 10.3. The summed E-state index contributed by atoms with van der Waals surface area (Å²) in [6.07, 6.45) is 10.2. The molecule has 0 aromatic heterocycles. The quantitative estimate of drug-likeness (QED) is 0.893. The van der Waals surface area contributed by atoms with Gasteiger partial charge < -0.3 is 10.0 Å². The highest BCUT2D eigenvalue weighted by Gasteiger charge is 2.57. The third-order valence-corrected chi connectivity index (χ3v) is 7.38. The summed E-state index contributed by atoms with van der Waals surface area (Å²) in [5.74, 6) is 1.61. The second-order valence-electron chi connectivity index (χ2n) is 9.55. The molecule has 3 nitrogen and oxygen atoms in total. The van der Waals surface area contributed by atoms with Crippen molar-refractivity contribution in [2.75, 3.05) is 13.1 Å². The van der Waals surface area contributed by atoms with Crippen LogP contribution < -0.4 is 0 Å². The van der Waals surface area contributed by atoms with Gasteiger partial charge in [0.15, 0.2) is 0 Å². The number of aliphatic hydroxyl groups is 1. The van der Waals surface area contributed by atoms with Crippen molar-refractivity contribution in [1.29, 1.82) is 0 Å². The maximum absolute atomic E-state index is 13.0. The minimum absolute atomic E-state index is 0.0827. The Labute approximate surface area is 156 Å². The van der Waals surface area contributed by atoms with E-state index in [1.165, 1.54) is 17.6 Å². The van der Waals surface area contributed by atoms with Crippen LogP contribution in [0.2, 0.25) is 0 Å². The summed E-state index contributed by atoms with van der Waals surface area (Å²) in [7, 11) is 0. The van der Waals surface area contributed by atoms with Crippen molar-refractivity contribution in [2.45, 2.75) is 57.0 Å². The zero-order valence-electron chi connectivity index (χ0n) is 15.5. The Morgan fingerprint density at radius 2 is 1.85 bits per heavy atom. The van der Waals surface area contributed by atoms with E-state index in [2.05, 4.69) is 30.3 Å². The fourth-order valence-electron chi connectivity index (χ4n) is 6.85. The summed E-state index contributed by atoms with van der Waals surface area (Å²) in [6.45, 7) is 1.56. The summed E-state index contributed by atoms with van der Waals surface area (Å²) in [5.41, 5.74) is 2.26. The van der Waals surface area contributed by atoms with E-state index in [1.807, 2.05) is 11.0 Å². The average Bonchev–Trinajstić information content (AvgIpc) is 2.60. The minimum Gasteiger partial charge on any atom is -0.390 e. The number of hydrogen-bond donors (Lipinski definition) is 1. The van der Waals surface area contributed by atoms with E-state index in [0.717, 1.165) is 51.6 Å². The molecule has 1 heterocycles. The number of benzene rings is 1. The van der Waals surface area contributed by atoms with Gasteiger partial charge in [0.2, 0.25) is 5.91 Å². The molecule has 4 aliphatic carbocycles. The first-order chi connectivity index (χ1) is 12.5. The van der Waals surface area contributed by atoms with Crippen LogP contribution >= 0.6 is 0 Å². The lowest BCUT2D eigenvalue weighted by molar-refractivity contribution is -0.171. The van der Waals surface area contributed by atoms with E-state index in [-0.39, 0.29) is 5.41 Å². The molecule has 5 aliphatic rings. The maximum atomic E-state index is 13.0. The Morgan fingerprint density at radius 1 is 1.12 bits per heavy atom. The first kappa shape index (κ1) is 16.6. The lowest BCUT2D eigenvalue weighted by Crippen LogP contribution is -2.56. The molecule has 1 aromatic carbocycles. The summed E-state index contributed by atoms with van der Waals surface area (Å²) in [4.78, 5) is 15.1. The van der Waals surface area contributed by atoms with Gasteiger partial charge in [0.25, 0.3) is 0 Å². The fourth-order valence-corrected chi connectivity index (χ4v) is 6.85. The molecule has 6 rings (SSSR count). The van der Waals surface area contributed by atoms with E-state index < -0.39 is 5.60 Å². The second kappa shape index (κ2) is 5.95. The zero-order valence-corrected chi connectivity index (χ0v) is 15.5. The molecular weight excluding hydrogens is 322 g/mol. The number of nitrogens with zero attached hydrogens (tertiary/aromatic N) is 1. The van der Waals surface area contributed by atoms with Crippen molar-refractivity contribution in [2.24, 2.45) is 17.3 Å². The Hall–Kier alpha value is -1.61. The van der Waals surface area contributed by atoms with Crippen molar-refractivity contribution < 1.29 is 9.90 Å². The van der Waals surface area contributed by atoms with Crippen molar-refractivity contribution in [3.05, 3.63) is 42.0 Å². The lowest BCUT2D eigenvalue weighted by atomic mass is 9.47. The van der Waals surface area contributed by atoms with E-state index in [0.29, 0.717) is 24.2 Å². The number of carbonyl (C=O) groups is 1. The van der Waals surface area contributed by atoms with Crippen molar-refractivity contribution in [3.63, 3.8) is 0 Å². The minimum atomic E-state index is -0.466. The molecule has 0 saturated heterocycles. The van der Waals surface area contributed by atoms with Crippen LogP contribution in [-0.4, -0.2) is 34.6 Å². The number of amides is 1. The van der Waals surface area contributed by atoms with Gasteiger partial charge in [-0.1, -0.05) is 36.4 Å². The maximum Gasteiger partial charge on any atom is 0.223 e. The molecule has 1 aliphatic heterocycles. The second-order valence-corrected chi connectivity index (χ2v) is 9.55. The monoisotopic (exact) mass is 351 g/mol. The summed E-state index contributed by atoms with van der Waals surface area (Å²) in [6, 6.07) is 10.5. The van der Waals surface area contributed by atoms with Gasteiger partial charge in [-0.15, -0.1) is 0 Å². The summed E-state index contributed by atoms with van der Waals surface area (Å²) in [5, 5.41) is 10.9. The zero-order chi connectivity index (χ0) is 17.8. The van der Waals surface area contributed by atoms with Crippen LogP contribution in [0, 0.1) is 17.3 Å². The molecule has 0 radical (unpaired) electrons. The number of carbonyl (C=O) groups excluding carboxylic acids is 1. The molecule has 1 amide bonds. The van der Waals surface area contributed by atoms with Crippen molar-refractivity contribution in [1.82, 2.24) is 4.90 Å². The summed E-state index contributed by atoms with van der Waals surface area (Å²) >= 11 is 0. The van der Waals surface area contributed by atoms with Gasteiger partial charge >= 0.3 is 0 Å². The molecule has 4 bridgehead atoms. The summed E-state index contributed by atoms with van der Waals surface area (Å²) < 4.78 is 0. The van der Waals surface area contributed by atoms with Crippen LogP contribution in [0.3, 0.4) is 0 Å². The largest absolute Gasteiger partial charge is 0.390 e.